The van der Waals surface area contributed by atoms with Crippen LogP contribution in [0.3, 0.4) is 0 Å². The molecule has 4 rings (SSSR count). The summed E-state index contributed by atoms with van der Waals surface area (Å²) in [6.07, 6.45) is 5.59. The van der Waals surface area contributed by atoms with Gasteiger partial charge < -0.3 is 10.0 Å². The van der Waals surface area contributed by atoms with Gasteiger partial charge in [0.15, 0.2) is 0 Å². The summed E-state index contributed by atoms with van der Waals surface area (Å²) in [4.78, 5) is 20.7. The summed E-state index contributed by atoms with van der Waals surface area (Å²) in [7, 11) is 0. The van der Waals surface area contributed by atoms with Gasteiger partial charge in [-0.05, 0) is 44.1 Å². The largest absolute Gasteiger partial charge is 0.396 e. The fourth-order valence-electron chi connectivity index (χ4n) is 3.40. The summed E-state index contributed by atoms with van der Waals surface area (Å²) >= 11 is 1.56. The molecule has 0 unspecified atom stereocenters. The molecule has 2 saturated carbocycles. The third-order valence-corrected chi connectivity index (χ3v) is 6.69. The minimum atomic E-state index is -0.0973. The highest BCUT2D eigenvalue weighted by Gasteiger charge is 2.44. The molecular weight excluding hydrogens is 344 g/mol. The third-order valence-electron chi connectivity index (χ3n) is 5.52. The molecule has 1 amide bonds. The zero-order valence-corrected chi connectivity index (χ0v) is 16.1. The summed E-state index contributed by atoms with van der Waals surface area (Å²) in [5, 5.41) is 10.8. The van der Waals surface area contributed by atoms with E-state index in [1.54, 1.807) is 11.3 Å². The first-order valence-electron chi connectivity index (χ1n) is 9.49. The first-order chi connectivity index (χ1) is 12.6. The SMILES string of the molecule is Cc1nc(CC2CC2)sc1C(=O)N(Cc1ccccc1)CC1(CO)CC1. The highest BCUT2D eigenvalue weighted by Crippen LogP contribution is 2.46. The van der Waals surface area contributed by atoms with E-state index >= 15 is 0 Å². The Labute approximate surface area is 158 Å². The lowest BCUT2D eigenvalue weighted by atomic mass is 10.1. The van der Waals surface area contributed by atoms with Crippen molar-refractivity contribution in [1.29, 1.82) is 0 Å². The van der Waals surface area contributed by atoms with Gasteiger partial charge in [-0.2, -0.15) is 0 Å². The van der Waals surface area contributed by atoms with Crippen LogP contribution in [-0.4, -0.2) is 34.0 Å². The van der Waals surface area contributed by atoms with Crippen molar-refractivity contribution in [3.05, 3.63) is 51.5 Å². The van der Waals surface area contributed by atoms with E-state index in [0.717, 1.165) is 46.3 Å². The molecule has 5 heteroatoms. The zero-order chi connectivity index (χ0) is 18.1. The molecule has 26 heavy (non-hydrogen) atoms. The summed E-state index contributed by atoms with van der Waals surface area (Å²) in [5.41, 5.74) is 1.87. The van der Waals surface area contributed by atoms with Crippen molar-refractivity contribution in [2.45, 2.75) is 45.6 Å². The summed E-state index contributed by atoms with van der Waals surface area (Å²) in [6.45, 7) is 3.29. The Balaban J connectivity index is 1.55. The van der Waals surface area contributed by atoms with Crippen molar-refractivity contribution in [3.63, 3.8) is 0 Å². The van der Waals surface area contributed by atoms with Crippen LogP contribution in [0.25, 0.3) is 0 Å². The van der Waals surface area contributed by atoms with E-state index in [1.807, 2.05) is 30.0 Å². The van der Waals surface area contributed by atoms with Gasteiger partial charge in [0.05, 0.1) is 17.3 Å². The predicted molar refractivity (Wildman–Crippen MR) is 103 cm³/mol. The molecule has 1 N–H and O–H groups in total. The molecule has 0 radical (unpaired) electrons. The number of aliphatic hydroxyl groups is 1. The lowest BCUT2D eigenvalue weighted by Crippen LogP contribution is -2.36. The van der Waals surface area contributed by atoms with Gasteiger partial charge >= 0.3 is 0 Å². The van der Waals surface area contributed by atoms with Crippen LogP contribution < -0.4 is 0 Å². The summed E-state index contributed by atoms with van der Waals surface area (Å²) in [5.74, 6) is 0.832. The minimum Gasteiger partial charge on any atom is -0.396 e. The fourth-order valence-corrected chi connectivity index (χ4v) is 4.55. The second-order valence-corrected chi connectivity index (χ2v) is 9.06. The molecule has 0 bridgehead atoms. The number of aromatic nitrogens is 1. The molecule has 0 spiro atoms. The Morgan fingerprint density at radius 3 is 2.65 bits per heavy atom. The van der Waals surface area contributed by atoms with Crippen molar-refractivity contribution in [3.8, 4) is 0 Å². The van der Waals surface area contributed by atoms with E-state index in [-0.39, 0.29) is 17.9 Å². The molecule has 138 valence electrons. The molecule has 4 nitrogen and oxygen atoms in total. The average molecular weight is 371 g/mol. The number of amides is 1. The summed E-state index contributed by atoms with van der Waals surface area (Å²) < 4.78 is 0. The van der Waals surface area contributed by atoms with E-state index in [2.05, 4.69) is 17.1 Å². The van der Waals surface area contributed by atoms with Crippen LogP contribution in [-0.2, 0) is 13.0 Å². The number of aliphatic hydroxyl groups excluding tert-OH is 1. The number of hydrogen-bond acceptors (Lipinski definition) is 4. The van der Waals surface area contributed by atoms with Crippen LogP contribution >= 0.6 is 11.3 Å². The van der Waals surface area contributed by atoms with Crippen LogP contribution in [0.5, 0.6) is 0 Å². The van der Waals surface area contributed by atoms with Gasteiger partial charge in [0.1, 0.15) is 4.88 Å². The first-order valence-corrected chi connectivity index (χ1v) is 10.3. The molecule has 2 aromatic rings. The average Bonchev–Trinajstić information content (AvgIpc) is 3.56. The van der Waals surface area contributed by atoms with Crippen molar-refractivity contribution in [2.24, 2.45) is 11.3 Å². The van der Waals surface area contributed by atoms with Gasteiger partial charge in [0, 0.05) is 24.9 Å². The predicted octanol–water partition coefficient (Wildman–Crippen LogP) is 3.82. The second kappa shape index (κ2) is 7.12. The molecule has 0 saturated heterocycles. The quantitative estimate of drug-likeness (QED) is 0.768. The van der Waals surface area contributed by atoms with E-state index in [4.69, 9.17) is 0 Å². The smallest absolute Gasteiger partial charge is 0.266 e. The molecular formula is C21H26N2O2S. The molecule has 0 aliphatic heterocycles. The zero-order valence-electron chi connectivity index (χ0n) is 15.3. The Bertz CT molecular complexity index is 779. The molecule has 1 aromatic heterocycles. The number of nitrogens with zero attached hydrogens (tertiary/aromatic N) is 2. The number of thiazole rings is 1. The Hall–Kier alpha value is -1.72. The number of aryl methyl sites for hydroxylation is 1. The highest BCUT2D eigenvalue weighted by molar-refractivity contribution is 7.13. The monoisotopic (exact) mass is 370 g/mol. The van der Waals surface area contributed by atoms with Gasteiger partial charge in [-0.25, -0.2) is 4.98 Å². The van der Waals surface area contributed by atoms with Crippen LogP contribution in [0.2, 0.25) is 0 Å². The maximum absolute atomic E-state index is 13.3. The van der Waals surface area contributed by atoms with Gasteiger partial charge in [0.25, 0.3) is 5.91 Å². The van der Waals surface area contributed by atoms with Gasteiger partial charge in [-0.15, -0.1) is 11.3 Å². The number of benzene rings is 1. The fraction of sp³-hybridized carbons (Fsp3) is 0.524. The Morgan fingerprint density at radius 1 is 1.31 bits per heavy atom. The van der Waals surface area contributed by atoms with Crippen LogP contribution in [0.15, 0.2) is 30.3 Å². The van der Waals surface area contributed by atoms with Crippen molar-refractivity contribution >= 4 is 17.2 Å². The summed E-state index contributed by atoms with van der Waals surface area (Å²) in [6, 6.07) is 10.1. The van der Waals surface area contributed by atoms with Crippen molar-refractivity contribution < 1.29 is 9.90 Å². The maximum atomic E-state index is 13.3. The van der Waals surface area contributed by atoms with Gasteiger partial charge in [-0.1, -0.05) is 30.3 Å². The highest BCUT2D eigenvalue weighted by atomic mass is 32.1. The third kappa shape index (κ3) is 3.99. The normalized spacial score (nSPS) is 17.9. The first kappa shape index (κ1) is 17.7. The number of carbonyl (C=O) groups excluding carboxylic acids is 1. The maximum Gasteiger partial charge on any atom is 0.266 e. The molecule has 1 aromatic carbocycles. The number of rotatable bonds is 8. The van der Waals surface area contributed by atoms with Crippen molar-refractivity contribution in [1.82, 2.24) is 9.88 Å². The Kier molecular flexibility index (Phi) is 4.84. The van der Waals surface area contributed by atoms with Crippen LogP contribution in [0, 0.1) is 18.3 Å². The van der Waals surface area contributed by atoms with Crippen LogP contribution in [0.1, 0.15) is 51.6 Å². The molecule has 1 heterocycles. The van der Waals surface area contributed by atoms with E-state index in [0.29, 0.717) is 13.1 Å². The lowest BCUT2D eigenvalue weighted by Gasteiger charge is -2.26. The van der Waals surface area contributed by atoms with E-state index in [1.165, 1.54) is 12.8 Å². The topological polar surface area (TPSA) is 53.4 Å². The minimum absolute atomic E-state index is 0.0608. The molecule has 2 aliphatic carbocycles. The molecule has 2 aliphatic rings. The standard InChI is InChI=1S/C21H26N2O2S/c1-15-19(26-18(22-15)11-16-7-8-16)20(25)23(13-21(14-24)9-10-21)12-17-5-3-2-4-6-17/h2-6,16,24H,7-14H2,1H3. The second-order valence-electron chi connectivity index (χ2n) is 7.97. The van der Waals surface area contributed by atoms with E-state index in [9.17, 15) is 9.90 Å². The van der Waals surface area contributed by atoms with Gasteiger partial charge in [-0.3, -0.25) is 4.79 Å². The lowest BCUT2D eigenvalue weighted by molar-refractivity contribution is 0.0669. The molecule has 0 atom stereocenters. The van der Waals surface area contributed by atoms with Crippen molar-refractivity contribution in [2.75, 3.05) is 13.2 Å². The Morgan fingerprint density at radius 2 is 2.04 bits per heavy atom. The van der Waals surface area contributed by atoms with Gasteiger partial charge in [0.2, 0.25) is 0 Å². The number of hydrogen-bond donors (Lipinski definition) is 1. The van der Waals surface area contributed by atoms with Crippen LogP contribution in [0.4, 0.5) is 0 Å². The molecule has 2 fully saturated rings. The van der Waals surface area contributed by atoms with E-state index < -0.39 is 0 Å². The number of carbonyl (C=O) groups is 1.